The van der Waals surface area contributed by atoms with Crippen LogP contribution < -0.4 is 11.1 Å². The van der Waals surface area contributed by atoms with Gasteiger partial charge in [-0.15, -0.1) is 0 Å². The van der Waals surface area contributed by atoms with E-state index in [0.717, 1.165) is 19.3 Å². The Bertz CT molecular complexity index is 243. The Labute approximate surface area is 104 Å². The lowest BCUT2D eigenvalue weighted by Crippen LogP contribution is -2.54. The number of thiocarbonyl (C=S) groups is 1. The maximum absolute atomic E-state index is 11.7. The first-order valence-corrected chi connectivity index (χ1v) is 6.48. The average Bonchev–Trinajstić information content (AvgIpc) is 2.24. The molecule has 3 N–H and O–H groups in total. The van der Waals surface area contributed by atoms with Crippen LogP contribution >= 0.6 is 12.2 Å². The highest BCUT2D eigenvalue weighted by Gasteiger charge is 2.26. The molecule has 4 heteroatoms. The van der Waals surface area contributed by atoms with Crippen molar-refractivity contribution in [3.05, 3.63) is 0 Å². The van der Waals surface area contributed by atoms with Crippen molar-refractivity contribution < 1.29 is 4.79 Å². The molecule has 0 aromatic carbocycles. The normalized spacial score (nSPS) is 14.2. The van der Waals surface area contributed by atoms with Crippen LogP contribution in [0, 0.1) is 0 Å². The standard InChI is InChI=1S/C12H24N2OS/c1-4-6-7-8-9-10(15)14-12(3,5-2)11(13)16/h4-9H2,1-3H3,(H2,13,16)(H,14,15). The number of carbonyl (C=O) groups excluding carboxylic acids is 1. The summed E-state index contributed by atoms with van der Waals surface area (Å²) in [5, 5.41) is 2.91. The van der Waals surface area contributed by atoms with Crippen molar-refractivity contribution >= 4 is 23.1 Å². The SMILES string of the molecule is CCCCCCC(=O)NC(C)(CC)C(N)=S. The van der Waals surface area contributed by atoms with Crippen molar-refractivity contribution in [2.45, 2.75) is 64.8 Å². The van der Waals surface area contributed by atoms with Crippen LogP contribution in [0.3, 0.4) is 0 Å². The van der Waals surface area contributed by atoms with Gasteiger partial charge in [0.15, 0.2) is 0 Å². The van der Waals surface area contributed by atoms with E-state index in [-0.39, 0.29) is 5.91 Å². The molecule has 94 valence electrons. The zero-order valence-electron chi connectivity index (χ0n) is 10.6. The first-order chi connectivity index (χ1) is 7.46. The minimum atomic E-state index is -0.531. The van der Waals surface area contributed by atoms with Gasteiger partial charge in [-0.05, 0) is 19.8 Å². The quantitative estimate of drug-likeness (QED) is 0.509. The molecule has 0 rings (SSSR count). The number of hydrogen-bond donors (Lipinski definition) is 2. The maximum Gasteiger partial charge on any atom is 0.220 e. The van der Waals surface area contributed by atoms with Crippen LogP contribution in [-0.2, 0) is 4.79 Å². The summed E-state index contributed by atoms with van der Waals surface area (Å²) in [5.74, 6) is 0.0493. The largest absolute Gasteiger partial charge is 0.391 e. The molecule has 0 bridgehead atoms. The molecular weight excluding hydrogens is 220 g/mol. The van der Waals surface area contributed by atoms with Crippen molar-refractivity contribution in [2.75, 3.05) is 0 Å². The second-order valence-electron chi connectivity index (χ2n) is 4.41. The van der Waals surface area contributed by atoms with E-state index in [9.17, 15) is 4.79 Å². The van der Waals surface area contributed by atoms with E-state index >= 15 is 0 Å². The first-order valence-electron chi connectivity index (χ1n) is 6.07. The summed E-state index contributed by atoms with van der Waals surface area (Å²) in [4.78, 5) is 12.0. The van der Waals surface area contributed by atoms with E-state index in [4.69, 9.17) is 18.0 Å². The molecule has 1 unspecified atom stereocenters. The van der Waals surface area contributed by atoms with Crippen LogP contribution in [-0.4, -0.2) is 16.4 Å². The summed E-state index contributed by atoms with van der Waals surface area (Å²) in [6.07, 6.45) is 5.71. The maximum atomic E-state index is 11.7. The number of rotatable bonds is 8. The van der Waals surface area contributed by atoms with E-state index in [1.165, 1.54) is 12.8 Å². The van der Waals surface area contributed by atoms with Crippen molar-refractivity contribution in [3.8, 4) is 0 Å². The van der Waals surface area contributed by atoms with E-state index < -0.39 is 5.54 Å². The summed E-state index contributed by atoms with van der Waals surface area (Å²) >= 11 is 4.97. The molecule has 16 heavy (non-hydrogen) atoms. The Hall–Kier alpha value is -0.640. The Morgan fingerprint density at radius 3 is 2.38 bits per heavy atom. The van der Waals surface area contributed by atoms with Crippen molar-refractivity contribution in [2.24, 2.45) is 5.73 Å². The molecule has 0 spiro atoms. The van der Waals surface area contributed by atoms with Gasteiger partial charge in [-0.3, -0.25) is 4.79 Å². The Morgan fingerprint density at radius 2 is 1.94 bits per heavy atom. The lowest BCUT2D eigenvalue weighted by molar-refractivity contribution is -0.122. The van der Waals surface area contributed by atoms with Gasteiger partial charge in [0.1, 0.15) is 0 Å². The molecule has 0 saturated heterocycles. The fraction of sp³-hybridized carbons (Fsp3) is 0.833. The van der Waals surface area contributed by atoms with Gasteiger partial charge in [0.25, 0.3) is 0 Å². The lowest BCUT2D eigenvalue weighted by Gasteiger charge is -2.28. The minimum absolute atomic E-state index is 0.0493. The van der Waals surface area contributed by atoms with Crippen molar-refractivity contribution in [1.82, 2.24) is 5.32 Å². The van der Waals surface area contributed by atoms with E-state index in [1.54, 1.807) is 0 Å². The number of carbonyl (C=O) groups is 1. The fourth-order valence-electron chi connectivity index (χ4n) is 1.41. The zero-order chi connectivity index (χ0) is 12.6. The van der Waals surface area contributed by atoms with E-state index in [1.807, 2.05) is 13.8 Å². The van der Waals surface area contributed by atoms with Gasteiger partial charge in [-0.2, -0.15) is 0 Å². The molecule has 0 aliphatic rings. The predicted octanol–water partition coefficient (Wildman–Crippen LogP) is 2.53. The third-order valence-corrected chi connectivity index (χ3v) is 3.37. The molecule has 1 amide bonds. The third kappa shape index (κ3) is 5.45. The second kappa shape index (κ2) is 7.60. The topological polar surface area (TPSA) is 55.1 Å². The summed E-state index contributed by atoms with van der Waals surface area (Å²) in [6.45, 7) is 6.00. The minimum Gasteiger partial charge on any atom is -0.391 e. The number of nitrogens with two attached hydrogens (primary N) is 1. The van der Waals surface area contributed by atoms with Gasteiger partial charge in [0.05, 0.1) is 10.5 Å². The highest BCUT2D eigenvalue weighted by molar-refractivity contribution is 7.80. The van der Waals surface area contributed by atoms with Crippen LogP contribution in [0.25, 0.3) is 0 Å². The molecule has 1 atom stereocenters. The Morgan fingerprint density at radius 1 is 1.31 bits per heavy atom. The third-order valence-electron chi connectivity index (χ3n) is 2.92. The molecule has 0 fully saturated rings. The summed E-state index contributed by atoms with van der Waals surface area (Å²) in [6, 6.07) is 0. The van der Waals surface area contributed by atoms with Gasteiger partial charge >= 0.3 is 0 Å². The van der Waals surface area contributed by atoms with Crippen molar-refractivity contribution in [3.63, 3.8) is 0 Å². The number of amides is 1. The first kappa shape index (κ1) is 15.4. The molecule has 0 aliphatic carbocycles. The smallest absolute Gasteiger partial charge is 0.220 e. The predicted molar refractivity (Wildman–Crippen MR) is 72.4 cm³/mol. The molecule has 0 aromatic rings. The Balaban J connectivity index is 3.98. The van der Waals surface area contributed by atoms with Crippen LogP contribution in [0.15, 0.2) is 0 Å². The monoisotopic (exact) mass is 244 g/mol. The summed E-state index contributed by atoms with van der Waals surface area (Å²) in [5.41, 5.74) is 5.09. The zero-order valence-corrected chi connectivity index (χ0v) is 11.5. The van der Waals surface area contributed by atoms with Gasteiger partial charge in [-0.25, -0.2) is 0 Å². The number of unbranched alkanes of at least 4 members (excludes halogenated alkanes) is 3. The van der Waals surface area contributed by atoms with Gasteiger partial charge < -0.3 is 11.1 Å². The van der Waals surface area contributed by atoms with Gasteiger partial charge in [-0.1, -0.05) is 45.3 Å². The number of nitrogens with one attached hydrogen (secondary N) is 1. The fourth-order valence-corrected chi connectivity index (χ4v) is 1.60. The van der Waals surface area contributed by atoms with Crippen LogP contribution in [0.4, 0.5) is 0 Å². The van der Waals surface area contributed by atoms with Crippen LogP contribution in [0.5, 0.6) is 0 Å². The average molecular weight is 244 g/mol. The highest BCUT2D eigenvalue weighted by atomic mass is 32.1. The van der Waals surface area contributed by atoms with Crippen LogP contribution in [0.1, 0.15) is 59.3 Å². The second-order valence-corrected chi connectivity index (χ2v) is 4.85. The van der Waals surface area contributed by atoms with E-state index in [2.05, 4.69) is 12.2 Å². The molecule has 3 nitrogen and oxygen atoms in total. The number of hydrogen-bond acceptors (Lipinski definition) is 2. The highest BCUT2D eigenvalue weighted by Crippen LogP contribution is 2.11. The van der Waals surface area contributed by atoms with E-state index in [0.29, 0.717) is 11.4 Å². The molecule has 0 aliphatic heterocycles. The summed E-state index contributed by atoms with van der Waals surface area (Å²) in [7, 11) is 0. The molecule has 0 radical (unpaired) electrons. The lowest BCUT2D eigenvalue weighted by atomic mass is 9.98. The van der Waals surface area contributed by atoms with Crippen LogP contribution in [0.2, 0.25) is 0 Å². The molecule has 0 saturated carbocycles. The molecule has 0 aromatic heterocycles. The molecule has 0 heterocycles. The summed E-state index contributed by atoms with van der Waals surface area (Å²) < 4.78 is 0. The van der Waals surface area contributed by atoms with Gasteiger partial charge in [0.2, 0.25) is 5.91 Å². The van der Waals surface area contributed by atoms with Crippen molar-refractivity contribution in [1.29, 1.82) is 0 Å². The Kier molecular flexibility index (Phi) is 7.30. The molecular formula is C12H24N2OS. The van der Waals surface area contributed by atoms with Gasteiger partial charge in [0, 0.05) is 6.42 Å².